The fourth-order valence-electron chi connectivity index (χ4n) is 3.38. The predicted molar refractivity (Wildman–Crippen MR) is 105 cm³/mol. The number of hydrogen-bond acceptors (Lipinski definition) is 7. The minimum Gasteiger partial charge on any atom is -0.497 e. The molecule has 1 aromatic carbocycles. The van der Waals surface area contributed by atoms with Gasteiger partial charge in [0.1, 0.15) is 17.1 Å². The average Bonchev–Trinajstić information content (AvgIpc) is 3.15. The van der Waals surface area contributed by atoms with Gasteiger partial charge in [0, 0.05) is 33.0 Å². The summed E-state index contributed by atoms with van der Waals surface area (Å²) in [5.74, 6) is 0.240. The van der Waals surface area contributed by atoms with Crippen LogP contribution in [0.3, 0.4) is 0 Å². The number of hydrazone groups is 1. The quantitative estimate of drug-likeness (QED) is 0.797. The third-order valence-electron chi connectivity index (χ3n) is 4.95. The van der Waals surface area contributed by atoms with Crippen LogP contribution in [0.2, 0.25) is 0 Å². The normalized spacial score (nSPS) is 16.0. The van der Waals surface area contributed by atoms with Gasteiger partial charge in [-0.2, -0.15) is 5.10 Å². The second-order valence-corrected chi connectivity index (χ2v) is 6.64. The lowest BCUT2D eigenvalue weighted by Gasteiger charge is -2.22. The molecule has 1 aliphatic rings. The van der Waals surface area contributed by atoms with Crippen molar-refractivity contribution in [3.63, 3.8) is 0 Å². The molecular weight excluding hydrogens is 380 g/mol. The Labute approximate surface area is 166 Å². The standard InChI is InChI=1S/C19H22N4O6/c1-10(24)23-14(12-8-11(28-4)6-7-15(12)29-5)9-13(20-23)16-17(25)21(2)19(27)22(3)18(16)26/h6-8,14,25H,9H2,1-5H3/t14-/m1/s1. The summed E-state index contributed by atoms with van der Waals surface area (Å²) >= 11 is 0. The molecule has 0 fully saturated rings. The van der Waals surface area contributed by atoms with E-state index in [2.05, 4.69) is 5.10 Å². The van der Waals surface area contributed by atoms with Gasteiger partial charge in [-0.1, -0.05) is 0 Å². The van der Waals surface area contributed by atoms with Gasteiger partial charge < -0.3 is 14.6 Å². The van der Waals surface area contributed by atoms with E-state index in [4.69, 9.17) is 9.47 Å². The van der Waals surface area contributed by atoms with Crippen LogP contribution in [0, 0.1) is 0 Å². The molecule has 0 aliphatic carbocycles. The molecule has 0 radical (unpaired) electrons. The Morgan fingerprint density at radius 3 is 2.45 bits per heavy atom. The topological polar surface area (TPSA) is 115 Å². The first-order valence-corrected chi connectivity index (χ1v) is 8.79. The molecule has 3 rings (SSSR count). The van der Waals surface area contributed by atoms with Gasteiger partial charge >= 0.3 is 5.69 Å². The Morgan fingerprint density at radius 1 is 1.17 bits per heavy atom. The van der Waals surface area contributed by atoms with Crippen molar-refractivity contribution in [2.24, 2.45) is 19.2 Å². The molecule has 0 saturated heterocycles. The van der Waals surface area contributed by atoms with E-state index in [1.807, 2.05) is 0 Å². The number of amides is 1. The van der Waals surface area contributed by atoms with E-state index in [-0.39, 0.29) is 23.6 Å². The lowest BCUT2D eigenvalue weighted by atomic mass is 9.98. The highest BCUT2D eigenvalue weighted by Crippen LogP contribution is 2.39. The minimum atomic E-state index is -0.689. The van der Waals surface area contributed by atoms with Crippen LogP contribution < -0.4 is 20.7 Å². The fourth-order valence-corrected chi connectivity index (χ4v) is 3.38. The van der Waals surface area contributed by atoms with Crippen molar-refractivity contribution < 1.29 is 19.4 Å². The summed E-state index contributed by atoms with van der Waals surface area (Å²) in [6.45, 7) is 1.35. The maximum Gasteiger partial charge on any atom is 0.333 e. The number of aromatic hydroxyl groups is 1. The number of ether oxygens (including phenoxy) is 2. The summed E-state index contributed by atoms with van der Waals surface area (Å²) < 4.78 is 12.5. The molecule has 29 heavy (non-hydrogen) atoms. The minimum absolute atomic E-state index is 0.120. The number of carbonyl (C=O) groups excluding carboxylic acids is 1. The van der Waals surface area contributed by atoms with E-state index in [1.54, 1.807) is 18.2 Å². The molecular formula is C19H22N4O6. The zero-order valence-electron chi connectivity index (χ0n) is 16.8. The maximum atomic E-state index is 12.7. The summed E-state index contributed by atoms with van der Waals surface area (Å²) in [6, 6.07) is 4.60. The summed E-state index contributed by atoms with van der Waals surface area (Å²) in [6.07, 6.45) is 0.143. The summed E-state index contributed by atoms with van der Waals surface area (Å²) in [4.78, 5) is 36.9. The van der Waals surface area contributed by atoms with Gasteiger partial charge in [-0.15, -0.1) is 0 Å². The summed E-state index contributed by atoms with van der Waals surface area (Å²) in [5.41, 5.74) is -0.633. The van der Waals surface area contributed by atoms with Crippen LogP contribution in [-0.4, -0.2) is 45.1 Å². The molecule has 154 valence electrons. The van der Waals surface area contributed by atoms with Gasteiger partial charge in [0.2, 0.25) is 11.8 Å². The molecule has 1 aliphatic heterocycles. The average molecular weight is 402 g/mol. The van der Waals surface area contributed by atoms with Crippen LogP contribution in [0.4, 0.5) is 0 Å². The number of nitrogens with zero attached hydrogens (tertiary/aromatic N) is 4. The van der Waals surface area contributed by atoms with Crippen molar-refractivity contribution in [3.8, 4) is 17.4 Å². The van der Waals surface area contributed by atoms with Crippen LogP contribution in [0.25, 0.3) is 0 Å². The zero-order valence-corrected chi connectivity index (χ0v) is 16.8. The number of methoxy groups -OCH3 is 2. The van der Waals surface area contributed by atoms with Crippen molar-refractivity contribution in [1.29, 1.82) is 0 Å². The van der Waals surface area contributed by atoms with Crippen molar-refractivity contribution in [1.82, 2.24) is 14.1 Å². The first-order chi connectivity index (χ1) is 13.7. The van der Waals surface area contributed by atoms with Gasteiger partial charge in [0.25, 0.3) is 5.56 Å². The van der Waals surface area contributed by atoms with Crippen molar-refractivity contribution in [2.45, 2.75) is 19.4 Å². The number of rotatable bonds is 4. The van der Waals surface area contributed by atoms with Crippen LogP contribution in [-0.2, 0) is 18.9 Å². The first-order valence-electron chi connectivity index (χ1n) is 8.79. The van der Waals surface area contributed by atoms with Crippen LogP contribution in [0.5, 0.6) is 17.4 Å². The van der Waals surface area contributed by atoms with Crippen LogP contribution >= 0.6 is 0 Å². The van der Waals surface area contributed by atoms with E-state index in [0.29, 0.717) is 17.1 Å². The monoisotopic (exact) mass is 402 g/mol. The molecule has 2 heterocycles. The van der Waals surface area contributed by atoms with Crippen LogP contribution in [0.1, 0.15) is 30.5 Å². The highest BCUT2D eigenvalue weighted by Gasteiger charge is 2.36. The maximum absolute atomic E-state index is 12.7. The van der Waals surface area contributed by atoms with Gasteiger partial charge in [0.15, 0.2) is 0 Å². The highest BCUT2D eigenvalue weighted by atomic mass is 16.5. The van der Waals surface area contributed by atoms with Gasteiger partial charge in [-0.25, -0.2) is 9.80 Å². The molecule has 1 amide bonds. The van der Waals surface area contributed by atoms with Gasteiger partial charge in [-0.05, 0) is 18.2 Å². The van der Waals surface area contributed by atoms with E-state index >= 15 is 0 Å². The van der Waals surface area contributed by atoms with Crippen molar-refractivity contribution >= 4 is 11.6 Å². The molecule has 1 N–H and O–H groups in total. The lowest BCUT2D eigenvalue weighted by molar-refractivity contribution is -0.130. The number of carbonyl (C=O) groups is 1. The van der Waals surface area contributed by atoms with E-state index in [0.717, 1.165) is 9.13 Å². The Balaban J connectivity index is 2.17. The third-order valence-corrected chi connectivity index (χ3v) is 4.95. The largest absolute Gasteiger partial charge is 0.497 e. The fraction of sp³-hybridized carbons (Fsp3) is 0.368. The lowest BCUT2D eigenvalue weighted by Crippen LogP contribution is -2.39. The number of aromatic nitrogens is 2. The Hall–Kier alpha value is -3.56. The van der Waals surface area contributed by atoms with E-state index < -0.39 is 23.2 Å². The first kappa shape index (κ1) is 20.2. The SMILES string of the molecule is COc1ccc(OC)c([C@H]2CC(c3c(O)n(C)c(=O)n(C)c3=O)=NN2C(C)=O)c1. The molecule has 0 unspecified atom stereocenters. The molecule has 10 heteroatoms. The summed E-state index contributed by atoms with van der Waals surface area (Å²) in [5, 5.41) is 16.0. The van der Waals surface area contributed by atoms with E-state index in [9.17, 15) is 19.5 Å². The predicted octanol–water partition coefficient (Wildman–Crippen LogP) is 0.504. The van der Waals surface area contributed by atoms with Crippen molar-refractivity contribution in [3.05, 3.63) is 50.2 Å². The Morgan fingerprint density at radius 2 is 1.86 bits per heavy atom. The molecule has 0 spiro atoms. The Kier molecular flexibility index (Phi) is 5.19. The van der Waals surface area contributed by atoms with E-state index in [1.165, 1.54) is 40.2 Å². The smallest absolute Gasteiger partial charge is 0.333 e. The van der Waals surface area contributed by atoms with Gasteiger partial charge in [0.05, 0.1) is 26.0 Å². The zero-order chi connectivity index (χ0) is 21.5. The molecule has 0 bridgehead atoms. The molecule has 10 nitrogen and oxygen atoms in total. The highest BCUT2D eigenvalue weighted by molar-refractivity contribution is 6.04. The Bertz CT molecular complexity index is 1130. The molecule has 1 aromatic heterocycles. The van der Waals surface area contributed by atoms with Crippen LogP contribution in [0.15, 0.2) is 32.9 Å². The second-order valence-electron chi connectivity index (χ2n) is 6.64. The molecule has 0 saturated carbocycles. The molecule has 2 aromatic rings. The molecule has 1 atom stereocenters. The number of hydrogen-bond donors (Lipinski definition) is 1. The van der Waals surface area contributed by atoms with Crippen molar-refractivity contribution in [2.75, 3.05) is 14.2 Å². The number of benzene rings is 1. The van der Waals surface area contributed by atoms with Gasteiger partial charge in [-0.3, -0.25) is 18.7 Å². The second kappa shape index (κ2) is 7.46. The summed E-state index contributed by atoms with van der Waals surface area (Å²) in [7, 11) is 5.70. The third kappa shape index (κ3) is 3.26.